The van der Waals surface area contributed by atoms with Crippen LogP contribution >= 0.6 is 0 Å². The molecule has 1 amide bonds. The van der Waals surface area contributed by atoms with Crippen LogP contribution in [0.25, 0.3) is 0 Å². The van der Waals surface area contributed by atoms with Gasteiger partial charge in [-0.3, -0.25) is 14.9 Å². The van der Waals surface area contributed by atoms with Gasteiger partial charge in [-0.15, -0.1) is 0 Å². The molecule has 2 aromatic rings. The number of anilines is 1. The van der Waals surface area contributed by atoms with Gasteiger partial charge in [-0.2, -0.15) is 0 Å². The fraction of sp³-hybridized carbons (Fsp3) is 0.278. The number of carbonyl (C=O) groups excluding carboxylic acids is 1. The number of carbonyl (C=O) groups is 1. The molecule has 1 unspecified atom stereocenters. The summed E-state index contributed by atoms with van der Waals surface area (Å²) in [6.07, 6.45) is 1.44. The number of rotatable bonds is 5. The number of fused-ring (bicyclic) bond motifs is 1. The number of nitrogens with one attached hydrogen (secondary N) is 1. The molecule has 6 heteroatoms. The molecule has 1 atom stereocenters. The highest BCUT2D eigenvalue weighted by Gasteiger charge is 2.32. The minimum atomic E-state index is -0.418. The maximum atomic E-state index is 12.9. The second kappa shape index (κ2) is 6.70. The number of non-ortho nitro benzene ring substituents is 1. The summed E-state index contributed by atoms with van der Waals surface area (Å²) in [4.78, 5) is 25.3. The summed E-state index contributed by atoms with van der Waals surface area (Å²) >= 11 is 0. The van der Waals surface area contributed by atoms with E-state index in [1.165, 1.54) is 12.1 Å². The van der Waals surface area contributed by atoms with Crippen molar-refractivity contribution in [3.05, 3.63) is 69.8 Å². The number of hydrogen-bond donors (Lipinski definition) is 1. The van der Waals surface area contributed by atoms with Crippen LogP contribution in [0.4, 0.5) is 11.4 Å². The molecule has 0 aliphatic carbocycles. The molecule has 24 heavy (non-hydrogen) atoms. The standard InChI is InChI=1S/C18H19N3O3/c1-2-3-11-20-17(13-7-6-8-14(12-13)21(23)24)19-16-10-5-4-9-15(16)18(20)22/h4-10,12,17,19H,2-3,11H2,1H3. The second-order valence-corrected chi connectivity index (χ2v) is 5.80. The van der Waals surface area contributed by atoms with Gasteiger partial charge in [0.2, 0.25) is 0 Å². The minimum Gasteiger partial charge on any atom is -0.361 e. The van der Waals surface area contributed by atoms with Gasteiger partial charge in [0, 0.05) is 29.9 Å². The molecular weight excluding hydrogens is 306 g/mol. The van der Waals surface area contributed by atoms with Crippen molar-refractivity contribution in [3.63, 3.8) is 0 Å². The molecule has 0 saturated heterocycles. The first-order chi connectivity index (χ1) is 11.6. The van der Waals surface area contributed by atoms with Gasteiger partial charge in [-0.05, 0) is 18.6 Å². The highest BCUT2D eigenvalue weighted by atomic mass is 16.6. The number of para-hydroxylation sites is 1. The van der Waals surface area contributed by atoms with Crippen molar-refractivity contribution in [1.82, 2.24) is 4.90 Å². The molecule has 6 nitrogen and oxygen atoms in total. The fourth-order valence-corrected chi connectivity index (χ4v) is 2.92. The van der Waals surface area contributed by atoms with Crippen molar-refractivity contribution < 1.29 is 9.72 Å². The van der Waals surface area contributed by atoms with Gasteiger partial charge < -0.3 is 10.2 Å². The van der Waals surface area contributed by atoms with Gasteiger partial charge in [0.1, 0.15) is 6.17 Å². The molecule has 0 radical (unpaired) electrons. The summed E-state index contributed by atoms with van der Waals surface area (Å²) in [5, 5.41) is 14.4. The minimum absolute atomic E-state index is 0.0241. The predicted molar refractivity (Wildman–Crippen MR) is 91.8 cm³/mol. The summed E-state index contributed by atoms with van der Waals surface area (Å²) in [5.41, 5.74) is 2.13. The maximum absolute atomic E-state index is 12.9. The van der Waals surface area contributed by atoms with Gasteiger partial charge in [0.25, 0.3) is 11.6 Å². The third kappa shape index (κ3) is 2.95. The SMILES string of the molecule is CCCCN1C(=O)c2ccccc2NC1c1cccc([N+](=O)[O-])c1. The first-order valence-corrected chi connectivity index (χ1v) is 8.02. The Balaban J connectivity index is 2.02. The van der Waals surface area contributed by atoms with Crippen LogP contribution < -0.4 is 5.32 Å². The summed E-state index contributed by atoms with van der Waals surface area (Å²) in [7, 11) is 0. The highest BCUT2D eigenvalue weighted by molar-refractivity contribution is 6.01. The molecule has 1 aliphatic heterocycles. The van der Waals surface area contributed by atoms with Crippen molar-refractivity contribution >= 4 is 17.3 Å². The predicted octanol–water partition coefficient (Wildman–Crippen LogP) is 3.96. The maximum Gasteiger partial charge on any atom is 0.269 e. The molecule has 1 N–H and O–H groups in total. The zero-order valence-corrected chi connectivity index (χ0v) is 13.4. The van der Waals surface area contributed by atoms with Crippen LogP contribution in [-0.4, -0.2) is 22.3 Å². The van der Waals surface area contributed by atoms with E-state index in [0.717, 1.165) is 18.5 Å². The number of benzene rings is 2. The quantitative estimate of drug-likeness (QED) is 0.667. The Kier molecular flexibility index (Phi) is 4.46. The molecule has 1 heterocycles. The summed E-state index contributed by atoms with van der Waals surface area (Å²) in [6, 6.07) is 13.8. The summed E-state index contributed by atoms with van der Waals surface area (Å²) < 4.78 is 0. The van der Waals surface area contributed by atoms with Crippen molar-refractivity contribution in [3.8, 4) is 0 Å². The van der Waals surface area contributed by atoms with Crippen molar-refractivity contribution in [2.24, 2.45) is 0 Å². The van der Waals surface area contributed by atoms with E-state index in [1.807, 2.05) is 24.3 Å². The van der Waals surface area contributed by atoms with E-state index in [0.29, 0.717) is 17.7 Å². The molecule has 0 spiro atoms. The van der Waals surface area contributed by atoms with Gasteiger partial charge in [-0.25, -0.2) is 0 Å². The third-order valence-electron chi connectivity index (χ3n) is 4.17. The van der Waals surface area contributed by atoms with Gasteiger partial charge in [-0.1, -0.05) is 37.6 Å². The van der Waals surface area contributed by atoms with E-state index >= 15 is 0 Å². The Morgan fingerprint density at radius 1 is 1.21 bits per heavy atom. The molecule has 2 aromatic carbocycles. The van der Waals surface area contributed by atoms with Gasteiger partial charge in [0.05, 0.1) is 10.5 Å². The van der Waals surface area contributed by atoms with Gasteiger partial charge in [0.15, 0.2) is 0 Å². The molecule has 1 aliphatic rings. The van der Waals surface area contributed by atoms with Crippen LogP contribution in [0.1, 0.15) is 41.9 Å². The van der Waals surface area contributed by atoms with E-state index in [1.54, 1.807) is 17.0 Å². The molecule has 0 bridgehead atoms. The largest absolute Gasteiger partial charge is 0.361 e. The molecule has 0 fully saturated rings. The lowest BCUT2D eigenvalue weighted by molar-refractivity contribution is -0.384. The van der Waals surface area contributed by atoms with Crippen molar-refractivity contribution in [1.29, 1.82) is 0 Å². The van der Waals surface area contributed by atoms with E-state index in [4.69, 9.17) is 0 Å². The Hall–Kier alpha value is -2.89. The Bertz CT molecular complexity index is 776. The lowest BCUT2D eigenvalue weighted by Crippen LogP contribution is -2.43. The molecule has 124 valence electrons. The number of hydrogen-bond acceptors (Lipinski definition) is 4. The molecule has 0 saturated carbocycles. The van der Waals surface area contributed by atoms with Crippen LogP contribution in [-0.2, 0) is 0 Å². The van der Waals surface area contributed by atoms with Crippen LogP contribution in [0, 0.1) is 10.1 Å². The number of nitro groups is 1. The Morgan fingerprint density at radius 2 is 2.00 bits per heavy atom. The average Bonchev–Trinajstić information content (AvgIpc) is 2.61. The molecule has 3 rings (SSSR count). The highest BCUT2D eigenvalue weighted by Crippen LogP contribution is 2.34. The first-order valence-electron chi connectivity index (χ1n) is 8.02. The van der Waals surface area contributed by atoms with E-state index in [-0.39, 0.29) is 11.6 Å². The molecular formula is C18H19N3O3. The normalized spacial score (nSPS) is 16.5. The first kappa shape index (κ1) is 16.0. The summed E-state index contributed by atoms with van der Waals surface area (Å²) in [5.74, 6) is -0.0469. The Labute approximate surface area is 140 Å². The lowest BCUT2D eigenvalue weighted by Gasteiger charge is -2.38. The number of amides is 1. The zero-order valence-electron chi connectivity index (χ0n) is 13.4. The summed E-state index contributed by atoms with van der Waals surface area (Å²) in [6.45, 7) is 2.67. The van der Waals surface area contributed by atoms with E-state index < -0.39 is 11.1 Å². The fourth-order valence-electron chi connectivity index (χ4n) is 2.92. The topological polar surface area (TPSA) is 75.5 Å². The van der Waals surface area contributed by atoms with Crippen LogP contribution in [0.15, 0.2) is 48.5 Å². The van der Waals surface area contributed by atoms with Crippen LogP contribution in [0.5, 0.6) is 0 Å². The monoisotopic (exact) mass is 325 g/mol. The van der Waals surface area contributed by atoms with Crippen molar-refractivity contribution in [2.45, 2.75) is 25.9 Å². The lowest BCUT2D eigenvalue weighted by atomic mass is 10.0. The van der Waals surface area contributed by atoms with Crippen LogP contribution in [0.2, 0.25) is 0 Å². The van der Waals surface area contributed by atoms with E-state index in [9.17, 15) is 14.9 Å². The number of unbranched alkanes of at least 4 members (excludes halogenated alkanes) is 1. The Morgan fingerprint density at radius 3 is 2.75 bits per heavy atom. The van der Waals surface area contributed by atoms with E-state index in [2.05, 4.69) is 12.2 Å². The zero-order chi connectivity index (χ0) is 17.1. The van der Waals surface area contributed by atoms with Crippen LogP contribution in [0.3, 0.4) is 0 Å². The molecule has 0 aromatic heterocycles. The third-order valence-corrected chi connectivity index (χ3v) is 4.17. The van der Waals surface area contributed by atoms with Gasteiger partial charge >= 0.3 is 0 Å². The average molecular weight is 325 g/mol. The smallest absolute Gasteiger partial charge is 0.269 e. The number of nitro benzene ring substituents is 1. The number of nitrogens with zero attached hydrogens (tertiary/aromatic N) is 2. The second-order valence-electron chi connectivity index (χ2n) is 5.80. The van der Waals surface area contributed by atoms with Crippen molar-refractivity contribution in [2.75, 3.05) is 11.9 Å².